The molecule has 162 valence electrons. The minimum Gasteiger partial charge on any atom is -0.392 e. The molecule has 0 fully saturated rings. The number of carbonyl (C=O) groups excluding carboxylic acids is 1. The van der Waals surface area contributed by atoms with Crippen LogP contribution in [0.15, 0.2) is 41.3 Å². The van der Waals surface area contributed by atoms with Gasteiger partial charge in [-0.2, -0.15) is 21.6 Å². The molecule has 1 aliphatic rings. The van der Waals surface area contributed by atoms with Gasteiger partial charge >= 0.3 is 15.6 Å². The zero-order valence-electron chi connectivity index (χ0n) is 15.9. The van der Waals surface area contributed by atoms with Crippen molar-refractivity contribution >= 4 is 27.7 Å². The van der Waals surface area contributed by atoms with Gasteiger partial charge in [0.1, 0.15) is 5.75 Å². The molecule has 30 heavy (non-hydrogen) atoms. The number of fused-ring (bicyclic) bond motifs is 1. The van der Waals surface area contributed by atoms with E-state index in [1.165, 1.54) is 25.1 Å². The number of rotatable bonds is 7. The number of aliphatic hydroxyl groups excluding tert-OH is 1. The highest BCUT2D eigenvalue weighted by Gasteiger charge is 2.33. The van der Waals surface area contributed by atoms with Crippen molar-refractivity contribution in [2.24, 2.45) is 5.92 Å². The number of aliphatic hydroxyl groups is 1. The molecule has 2 aromatic carbocycles. The van der Waals surface area contributed by atoms with Crippen LogP contribution in [0.4, 0.5) is 13.2 Å². The first-order chi connectivity index (χ1) is 14.0. The number of benzene rings is 2. The molecular formula is C20H19F3O5S2. The van der Waals surface area contributed by atoms with E-state index in [9.17, 15) is 31.5 Å². The molecule has 0 radical (unpaired) electrons. The normalized spacial score (nSPS) is 16.6. The van der Waals surface area contributed by atoms with E-state index in [4.69, 9.17) is 4.18 Å². The molecular weight excluding hydrogens is 441 g/mol. The van der Waals surface area contributed by atoms with Crippen LogP contribution in [-0.4, -0.2) is 30.6 Å². The van der Waals surface area contributed by atoms with Crippen molar-refractivity contribution in [2.75, 3.05) is 5.75 Å². The van der Waals surface area contributed by atoms with Crippen LogP contribution in [0.25, 0.3) is 0 Å². The zero-order chi connectivity index (χ0) is 22.1. The Kier molecular flexibility index (Phi) is 6.49. The fourth-order valence-corrected chi connectivity index (χ4v) is 4.41. The van der Waals surface area contributed by atoms with Crippen LogP contribution in [0.3, 0.4) is 0 Å². The predicted molar refractivity (Wildman–Crippen MR) is 106 cm³/mol. The molecule has 0 aliphatic heterocycles. The van der Waals surface area contributed by atoms with Gasteiger partial charge in [-0.25, -0.2) is 0 Å². The maximum absolute atomic E-state index is 12.8. The summed E-state index contributed by atoms with van der Waals surface area (Å²) in [5.74, 6) is -0.943. The lowest BCUT2D eigenvalue weighted by Gasteiger charge is -2.11. The lowest BCUT2D eigenvalue weighted by Crippen LogP contribution is -2.14. The summed E-state index contributed by atoms with van der Waals surface area (Å²) in [6, 6.07) is 8.77. The van der Waals surface area contributed by atoms with E-state index in [1.54, 1.807) is 18.2 Å². The zero-order valence-corrected chi connectivity index (χ0v) is 17.5. The Balaban J connectivity index is 1.78. The molecule has 1 unspecified atom stereocenters. The van der Waals surface area contributed by atoms with E-state index in [-0.39, 0.29) is 39.5 Å². The average Bonchev–Trinajstić information content (AvgIpc) is 2.96. The molecule has 3 rings (SSSR count). The van der Waals surface area contributed by atoms with Crippen molar-refractivity contribution in [1.82, 2.24) is 0 Å². The summed E-state index contributed by atoms with van der Waals surface area (Å²) in [6.45, 7) is 0.972. The lowest BCUT2D eigenvalue weighted by molar-refractivity contribution is -0.0328. The van der Waals surface area contributed by atoms with Crippen LogP contribution >= 0.6 is 11.8 Å². The highest BCUT2D eigenvalue weighted by Crippen LogP contribution is 2.38. The Morgan fingerprint density at radius 3 is 2.43 bits per heavy atom. The van der Waals surface area contributed by atoms with Crippen LogP contribution in [0.2, 0.25) is 0 Å². The first kappa shape index (κ1) is 22.6. The van der Waals surface area contributed by atoms with Crippen molar-refractivity contribution in [1.29, 1.82) is 0 Å². The molecule has 0 amide bonds. The van der Waals surface area contributed by atoms with Gasteiger partial charge in [0.2, 0.25) is 0 Å². The molecule has 0 heterocycles. The van der Waals surface area contributed by atoms with E-state index in [0.717, 1.165) is 5.56 Å². The molecule has 10 heteroatoms. The van der Waals surface area contributed by atoms with Gasteiger partial charge in [-0.15, -0.1) is 0 Å². The van der Waals surface area contributed by atoms with Crippen molar-refractivity contribution in [2.45, 2.75) is 36.8 Å². The Morgan fingerprint density at radius 2 is 1.87 bits per heavy atom. The van der Waals surface area contributed by atoms with Crippen molar-refractivity contribution in [3.8, 4) is 5.75 Å². The van der Waals surface area contributed by atoms with E-state index >= 15 is 0 Å². The third-order valence-corrected chi connectivity index (χ3v) is 6.65. The van der Waals surface area contributed by atoms with Crippen molar-refractivity contribution in [3.05, 3.63) is 58.7 Å². The van der Waals surface area contributed by atoms with Gasteiger partial charge in [-0.05, 0) is 66.9 Å². The monoisotopic (exact) mass is 460 g/mol. The third kappa shape index (κ3) is 5.35. The fourth-order valence-electron chi connectivity index (χ4n) is 3.33. The van der Waals surface area contributed by atoms with Crippen LogP contribution in [0.5, 0.6) is 5.75 Å². The van der Waals surface area contributed by atoms with Gasteiger partial charge in [0.15, 0.2) is 5.78 Å². The molecule has 1 aliphatic carbocycles. The van der Waals surface area contributed by atoms with Crippen LogP contribution in [0, 0.1) is 5.92 Å². The second-order valence-electron chi connectivity index (χ2n) is 6.87. The van der Waals surface area contributed by atoms with Crippen LogP contribution in [0.1, 0.15) is 34.0 Å². The van der Waals surface area contributed by atoms with Crippen LogP contribution in [-0.2, 0) is 29.6 Å². The number of ketones is 1. The summed E-state index contributed by atoms with van der Waals surface area (Å²) in [5.41, 5.74) is -2.35. The van der Waals surface area contributed by atoms with Gasteiger partial charge < -0.3 is 9.29 Å². The van der Waals surface area contributed by atoms with Crippen LogP contribution < -0.4 is 4.18 Å². The molecule has 1 N–H and O–H groups in total. The summed E-state index contributed by atoms with van der Waals surface area (Å²) in [6.07, 6.45) is 0.726. The largest absolute Gasteiger partial charge is 0.446 e. The summed E-state index contributed by atoms with van der Waals surface area (Å²) in [4.78, 5) is 12.9. The number of hydrogen-bond donors (Lipinski definition) is 1. The quantitative estimate of drug-likeness (QED) is 0.495. The van der Waals surface area contributed by atoms with E-state index < -0.39 is 28.2 Å². The lowest BCUT2D eigenvalue weighted by atomic mass is 9.96. The molecule has 0 saturated heterocycles. The van der Waals surface area contributed by atoms with Gasteiger partial charge in [-0.1, -0.05) is 12.1 Å². The third-order valence-electron chi connectivity index (χ3n) is 4.77. The van der Waals surface area contributed by atoms with E-state index in [2.05, 4.69) is 0 Å². The Morgan fingerprint density at radius 1 is 1.20 bits per heavy atom. The Labute approximate surface area is 176 Å². The molecule has 2 aromatic rings. The minimum atomic E-state index is -4.36. The number of carbonyl (C=O) groups is 1. The summed E-state index contributed by atoms with van der Waals surface area (Å²) < 4.78 is 65.9. The standard InChI is InChI=1S/C20H19F3O5S2/c1-2-30(26,27)28-18-10-17-13(9-15(18)11-24)8-14(19(17)25)7-12-3-5-16(6-4-12)29-20(21,22)23/h3-6,9-10,14,24H,2,7-8,11H2,1H3. The maximum atomic E-state index is 12.8. The molecule has 0 bridgehead atoms. The average molecular weight is 460 g/mol. The highest BCUT2D eigenvalue weighted by molar-refractivity contribution is 8.00. The number of Topliss-reactive ketones (excluding diaryl/α,β-unsaturated/α-hetero) is 1. The smallest absolute Gasteiger partial charge is 0.392 e. The van der Waals surface area contributed by atoms with E-state index in [0.29, 0.717) is 24.0 Å². The van der Waals surface area contributed by atoms with Gasteiger partial charge in [0, 0.05) is 21.9 Å². The number of thioether (sulfide) groups is 1. The molecule has 0 spiro atoms. The van der Waals surface area contributed by atoms with Crippen molar-refractivity contribution < 1.29 is 35.7 Å². The minimum absolute atomic E-state index is 0.0683. The first-order valence-corrected chi connectivity index (χ1v) is 11.5. The van der Waals surface area contributed by atoms with Gasteiger partial charge in [-0.3, -0.25) is 4.79 Å². The summed E-state index contributed by atoms with van der Waals surface area (Å²) in [7, 11) is -3.82. The molecule has 1 atom stereocenters. The maximum Gasteiger partial charge on any atom is 0.446 e. The number of alkyl halides is 3. The predicted octanol–water partition coefficient (Wildman–Crippen LogP) is 4.12. The highest BCUT2D eigenvalue weighted by atomic mass is 32.2. The second kappa shape index (κ2) is 8.60. The number of hydrogen-bond acceptors (Lipinski definition) is 6. The van der Waals surface area contributed by atoms with Gasteiger partial charge in [0.05, 0.1) is 12.4 Å². The van der Waals surface area contributed by atoms with Crippen molar-refractivity contribution in [3.63, 3.8) is 0 Å². The Hall–Kier alpha value is -2.04. The SMILES string of the molecule is CCS(=O)(=O)Oc1cc2c(cc1CO)CC(Cc1ccc(SC(F)(F)F)cc1)C2=O. The molecule has 5 nitrogen and oxygen atoms in total. The fraction of sp³-hybridized carbons (Fsp3) is 0.350. The van der Waals surface area contributed by atoms with Gasteiger partial charge in [0.25, 0.3) is 0 Å². The molecule has 0 saturated carbocycles. The summed E-state index contributed by atoms with van der Waals surface area (Å²) in [5, 5.41) is 9.55. The number of halogens is 3. The Bertz CT molecular complexity index is 1050. The topological polar surface area (TPSA) is 80.7 Å². The molecule has 0 aromatic heterocycles. The second-order valence-corrected chi connectivity index (χ2v) is 9.86. The van der Waals surface area contributed by atoms with E-state index in [1.807, 2.05) is 0 Å². The summed E-state index contributed by atoms with van der Waals surface area (Å²) >= 11 is -0.199. The first-order valence-electron chi connectivity index (χ1n) is 9.09.